The highest BCUT2D eigenvalue weighted by Gasteiger charge is 2.15. The fraction of sp³-hybridized carbons (Fsp3) is 0.0769. The van der Waals surface area contributed by atoms with Gasteiger partial charge in [-0.3, -0.25) is 0 Å². The van der Waals surface area contributed by atoms with Gasteiger partial charge in [0.25, 0.3) is 0 Å². The second kappa shape index (κ2) is 5.04. The molecule has 0 nitrogen and oxygen atoms in total. The Kier molecular flexibility index (Phi) is 3.58. The summed E-state index contributed by atoms with van der Waals surface area (Å²) in [4.78, 5) is 1.36. The Morgan fingerprint density at radius 1 is 1.11 bits per heavy atom. The smallest absolute Gasteiger partial charge is 0.137 e. The van der Waals surface area contributed by atoms with Crippen LogP contribution in [0.5, 0.6) is 0 Å². The molecule has 0 aliphatic heterocycles. The first kappa shape index (κ1) is 12.8. The van der Waals surface area contributed by atoms with Gasteiger partial charge in [-0.1, -0.05) is 22.0 Å². The van der Waals surface area contributed by atoms with Crippen LogP contribution in [0, 0.1) is 5.82 Å². The van der Waals surface area contributed by atoms with Crippen LogP contribution < -0.4 is 0 Å². The van der Waals surface area contributed by atoms with Crippen LogP contribution in [0.25, 0.3) is 9.40 Å². The Bertz CT molecular complexity index is 673. The Balaban J connectivity index is 2.00. The second-order valence-corrected chi connectivity index (χ2v) is 7.67. The summed E-state index contributed by atoms with van der Waals surface area (Å²) in [5.74, 6) is -0.231. The number of rotatable bonds is 2. The lowest BCUT2D eigenvalue weighted by molar-refractivity contribution is 0.620. The number of hydrogen-bond acceptors (Lipinski definition) is 2. The first-order valence-corrected chi connectivity index (χ1v) is 8.61. The molecule has 0 saturated heterocycles. The van der Waals surface area contributed by atoms with E-state index in [0.717, 1.165) is 5.56 Å². The molecule has 1 aromatic carbocycles. The van der Waals surface area contributed by atoms with Gasteiger partial charge in [0.1, 0.15) is 5.82 Å². The van der Waals surface area contributed by atoms with Gasteiger partial charge >= 0.3 is 0 Å². The average molecular weight is 406 g/mol. The van der Waals surface area contributed by atoms with Gasteiger partial charge in [-0.15, -0.1) is 22.7 Å². The molecule has 2 heterocycles. The maximum atomic E-state index is 13.2. The van der Waals surface area contributed by atoms with Crippen molar-refractivity contribution in [3.63, 3.8) is 0 Å². The third kappa shape index (κ3) is 2.29. The molecule has 0 fully saturated rings. The van der Waals surface area contributed by atoms with Crippen molar-refractivity contribution in [3.05, 3.63) is 56.4 Å². The maximum absolute atomic E-state index is 13.2. The highest BCUT2D eigenvalue weighted by molar-refractivity contribution is 9.10. The molecule has 1 atom stereocenters. The minimum absolute atomic E-state index is 0.110. The van der Waals surface area contributed by atoms with Crippen LogP contribution in [0.3, 0.4) is 0 Å². The molecule has 0 amide bonds. The van der Waals surface area contributed by atoms with E-state index in [4.69, 9.17) is 0 Å². The fourth-order valence-corrected chi connectivity index (χ4v) is 4.96. The predicted molar refractivity (Wildman–Crippen MR) is 84.6 cm³/mol. The topological polar surface area (TPSA) is 0 Å². The molecule has 2 aromatic heterocycles. The van der Waals surface area contributed by atoms with Crippen LogP contribution in [0.2, 0.25) is 0 Å². The van der Waals surface area contributed by atoms with Gasteiger partial charge in [0.2, 0.25) is 0 Å². The SMILES string of the molecule is Fc1ccc(C(Br)c2cc3sccc3s2)cc1Br. The summed E-state index contributed by atoms with van der Waals surface area (Å²) in [6.45, 7) is 0. The Labute approximate surface area is 129 Å². The summed E-state index contributed by atoms with van der Waals surface area (Å²) < 4.78 is 16.3. The van der Waals surface area contributed by atoms with Crippen molar-refractivity contribution in [2.45, 2.75) is 4.83 Å². The first-order chi connectivity index (χ1) is 8.65. The number of hydrogen-bond donors (Lipinski definition) is 0. The van der Waals surface area contributed by atoms with Crippen molar-refractivity contribution in [1.29, 1.82) is 0 Å². The van der Waals surface area contributed by atoms with Crippen LogP contribution in [0.15, 0.2) is 40.2 Å². The molecule has 3 aromatic rings. The number of halogens is 3. The normalized spacial score (nSPS) is 13.1. The van der Waals surface area contributed by atoms with Crippen molar-refractivity contribution in [2.75, 3.05) is 0 Å². The van der Waals surface area contributed by atoms with Crippen molar-refractivity contribution in [3.8, 4) is 0 Å². The standard InChI is InChI=1S/C13H7Br2FS2/c14-8-5-7(1-2-9(8)16)13(15)12-6-11-10(18-12)3-4-17-11/h1-6,13H. The van der Waals surface area contributed by atoms with Crippen LogP contribution in [-0.4, -0.2) is 0 Å². The molecule has 0 aliphatic rings. The Morgan fingerprint density at radius 2 is 1.94 bits per heavy atom. The molecule has 18 heavy (non-hydrogen) atoms. The van der Waals surface area contributed by atoms with E-state index in [0.29, 0.717) is 4.47 Å². The lowest BCUT2D eigenvalue weighted by Gasteiger charge is -2.08. The summed E-state index contributed by atoms with van der Waals surface area (Å²) in [5, 5.41) is 2.10. The van der Waals surface area contributed by atoms with E-state index in [1.165, 1.54) is 20.3 Å². The lowest BCUT2D eigenvalue weighted by Crippen LogP contribution is -1.90. The fourth-order valence-electron chi connectivity index (χ4n) is 1.74. The van der Waals surface area contributed by atoms with E-state index >= 15 is 0 Å². The van der Waals surface area contributed by atoms with Gasteiger partial charge in [-0.2, -0.15) is 0 Å². The molecule has 0 spiro atoms. The third-order valence-corrected chi connectivity index (χ3v) is 6.74. The highest BCUT2D eigenvalue weighted by Crippen LogP contribution is 2.40. The molecular formula is C13H7Br2FS2. The van der Waals surface area contributed by atoms with Crippen LogP contribution in [0.4, 0.5) is 4.39 Å². The van der Waals surface area contributed by atoms with Gasteiger partial charge in [0.15, 0.2) is 0 Å². The zero-order valence-corrected chi connectivity index (χ0v) is 13.8. The zero-order valence-electron chi connectivity index (χ0n) is 8.99. The average Bonchev–Trinajstić information content (AvgIpc) is 2.92. The quantitative estimate of drug-likeness (QED) is 0.435. The van der Waals surface area contributed by atoms with E-state index in [2.05, 4.69) is 49.4 Å². The van der Waals surface area contributed by atoms with Gasteiger partial charge in [-0.25, -0.2) is 4.39 Å². The molecule has 5 heteroatoms. The maximum Gasteiger partial charge on any atom is 0.137 e. The molecule has 0 bridgehead atoms. The Hall–Kier alpha value is -0.230. The van der Waals surface area contributed by atoms with E-state index in [-0.39, 0.29) is 10.6 Å². The third-order valence-electron chi connectivity index (χ3n) is 2.64. The van der Waals surface area contributed by atoms with Crippen molar-refractivity contribution >= 4 is 63.9 Å². The van der Waals surface area contributed by atoms with Crippen LogP contribution >= 0.6 is 54.5 Å². The van der Waals surface area contributed by atoms with Gasteiger partial charge in [0, 0.05) is 14.3 Å². The first-order valence-electron chi connectivity index (χ1n) is 5.21. The molecule has 0 aliphatic carbocycles. The van der Waals surface area contributed by atoms with Crippen molar-refractivity contribution < 1.29 is 4.39 Å². The lowest BCUT2D eigenvalue weighted by atomic mass is 10.1. The number of alkyl halides is 1. The monoisotopic (exact) mass is 404 g/mol. The molecule has 0 radical (unpaired) electrons. The van der Waals surface area contributed by atoms with Gasteiger partial charge in [0.05, 0.1) is 9.30 Å². The number of thiophene rings is 2. The largest absolute Gasteiger partial charge is 0.206 e. The zero-order chi connectivity index (χ0) is 12.7. The molecule has 0 N–H and O–H groups in total. The van der Waals surface area contributed by atoms with E-state index in [1.54, 1.807) is 22.7 Å². The van der Waals surface area contributed by atoms with Crippen LogP contribution in [-0.2, 0) is 0 Å². The second-order valence-electron chi connectivity index (χ2n) is 3.83. The molecule has 3 rings (SSSR count). The summed E-state index contributed by atoms with van der Waals surface area (Å²) in [6, 6.07) is 9.45. The summed E-state index contributed by atoms with van der Waals surface area (Å²) in [5.41, 5.74) is 1.05. The molecular weight excluding hydrogens is 399 g/mol. The molecule has 1 unspecified atom stereocenters. The van der Waals surface area contributed by atoms with Crippen LogP contribution in [0.1, 0.15) is 15.3 Å². The van der Waals surface area contributed by atoms with E-state index in [9.17, 15) is 4.39 Å². The van der Waals surface area contributed by atoms with Crippen molar-refractivity contribution in [1.82, 2.24) is 0 Å². The molecule has 0 saturated carbocycles. The minimum Gasteiger partial charge on any atom is -0.206 e. The summed E-state index contributed by atoms with van der Waals surface area (Å²) in [6.07, 6.45) is 0. The molecule has 92 valence electrons. The van der Waals surface area contributed by atoms with Gasteiger partial charge in [-0.05, 0) is 51.1 Å². The Morgan fingerprint density at radius 3 is 2.67 bits per heavy atom. The number of benzene rings is 1. The predicted octanol–water partition coefficient (Wildman–Crippen LogP) is 6.35. The number of fused-ring (bicyclic) bond motifs is 1. The summed E-state index contributed by atoms with van der Waals surface area (Å²) in [7, 11) is 0. The minimum atomic E-state index is -0.231. The van der Waals surface area contributed by atoms with Crippen molar-refractivity contribution in [2.24, 2.45) is 0 Å². The highest BCUT2D eigenvalue weighted by atomic mass is 79.9. The van der Waals surface area contributed by atoms with Gasteiger partial charge < -0.3 is 0 Å². The summed E-state index contributed by atoms with van der Waals surface area (Å²) >= 11 is 10.4. The van der Waals surface area contributed by atoms with E-state index < -0.39 is 0 Å². The van der Waals surface area contributed by atoms with E-state index in [1.807, 2.05) is 12.1 Å².